The van der Waals surface area contributed by atoms with Gasteiger partial charge in [0.15, 0.2) is 0 Å². The third-order valence-electron chi connectivity index (χ3n) is 3.72. The van der Waals surface area contributed by atoms with Crippen molar-refractivity contribution in [3.63, 3.8) is 0 Å². The maximum Gasteiger partial charge on any atom is 0.142 e. The number of nitrogen functional groups attached to an aromatic ring is 1. The van der Waals surface area contributed by atoms with Gasteiger partial charge in [-0.05, 0) is 24.3 Å². The number of anilines is 1. The number of benzene rings is 2. The molecule has 0 aliphatic carbocycles. The fourth-order valence-electron chi connectivity index (χ4n) is 2.61. The Morgan fingerprint density at radius 1 is 1.08 bits per heavy atom. The maximum atomic E-state index is 9.15. The van der Waals surface area contributed by atoms with E-state index in [9.17, 15) is 0 Å². The van der Waals surface area contributed by atoms with Gasteiger partial charge in [0, 0.05) is 11.1 Å². The number of rotatable bonds is 2. The van der Waals surface area contributed by atoms with Crippen LogP contribution < -0.4 is 5.73 Å². The zero-order valence-corrected chi connectivity index (χ0v) is 14.3. The Morgan fingerprint density at radius 3 is 2.80 bits per heavy atom. The molecule has 7 heteroatoms. The van der Waals surface area contributed by atoms with Crippen LogP contribution in [-0.4, -0.2) is 15.0 Å². The summed E-state index contributed by atoms with van der Waals surface area (Å²) in [6.07, 6.45) is 1.51. The Balaban J connectivity index is 1.97. The van der Waals surface area contributed by atoms with Crippen LogP contribution in [-0.2, 0) is 0 Å². The molecule has 0 bridgehead atoms. The maximum absolute atomic E-state index is 9.15. The lowest BCUT2D eigenvalue weighted by Crippen LogP contribution is -1.98. The number of thiazole rings is 1. The van der Waals surface area contributed by atoms with Gasteiger partial charge in [-0.1, -0.05) is 23.7 Å². The van der Waals surface area contributed by atoms with E-state index in [-0.39, 0.29) is 0 Å². The van der Waals surface area contributed by atoms with Crippen LogP contribution in [0.2, 0.25) is 5.02 Å². The zero-order chi connectivity index (χ0) is 17.4. The topological polar surface area (TPSA) is 88.5 Å². The van der Waals surface area contributed by atoms with Crippen molar-refractivity contribution in [1.29, 1.82) is 5.26 Å². The first-order chi connectivity index (χ1) is 12.2. The minimum atomic E-state index is 0.311. The van der Waals surface area contributed by atoms with Gasteiger partial charge >= 0.3 is 0 Å². The number of nitrogens with two attached hydrogens (primary N) is 1. The molecule has 25 heavy (non-hydrogen) atoms. The Morgan fingerprint density at radius 2 is 1.96 bits per heavy atom. The molecule has 0 spiro atoms. The molecule has 2 heterocycles. The zero-order valence-electron chi connectivity index (χ0n) is 12.8. The number of nitriles is 1. The van der Waals surface area contributed by atoms with Crippen LogP contribution in [0.4, 0.5) is 5.82 Å². The molecular formula is C18H10ClN5S. The Bertz CT molecular complexity index is 1150. The van der Waals surface area contributed by atoms with E-state index in [1.807, 2.05) is 24.3 Å². The summed E-state index contributed by atoms with van der Waals surface area (Å²) in [6, 6.07) is 13.1. The molecule has 2 aromatic heterocycles. The van der Waals surface area contributed by atoms with E-state index in [0.29, 0.717) is 27.8 Å². The lowest BCUT2D eigenvalue weighted by atomic mass is 10.0. The number of hydrogen-bond donors (Lipinski definition) is 1. The van der Waals surface area contributed by atoms with Crippen molar-refractivity contribution in [3.05, 3.63) is 58.7 Å². The van der Waals surface area contributed by atoms with Crippen molar-refractivity contribution < 1.29 is 0 Å². The van der Waals surface area contributed by atoms with Gasteiger partial charge in [-0.15, -0.1) is 11.3 Å². The van der Waals surface area contributed by atoms with Gasteiger partial charge in [0.2, 0.25) is 0 Å². The van der Waals surface area contributed by atoms with Crippen molar-refractivity contribution in [2.24, 2.45) is 0 Å². The van der Waals surface area contributed by atoms with Crippen LogP contribution in [0, 0.1) is 11.3 Å². The van der Waals surface area contributed by atoms with Gasteiger partial charge in [0.05, 0.1) is 50.0 Å². The lowest BCUT2D eigenvalue weighted by molar-refractivity contribution is 1.22. The molecule has 0 atom stereocenters. The van der Waals surface area contributed by atoms with Gasteiger partial charge in [-0.25, -0.2) is 9.97 Å². The fraction of sp³-hybridized carbons (Fsp3) is 0. The highest BCUT2D eigenvalue weighted by molar-refractivity contribution is 7.16. The molecule has 0 amide bonds. The van der Waals surface area contributed by atoms with Crippen LogP contribution in [0.25, 0.3) is 32.7 Å². The summed E-state index contributed by atoms with van der Waals surface area (Å²) in [7, 11) is 0. The third-order valence-corrected chi connectivity index (χ3v) is 4.78. The second-order valence-corrected chi connectivity index (χ2v) is 6.64. The fourth-order valence-corrected chi connectivity index (χ4v) is 3.68. The summed E-state index contributed by atoms with van der Waals surface area (Å²) in [5, 5.41) is 9.71. The van der Waals surface area contributed by atoms with Gasteiger partial charge in [0.25, 0.3) is 0 Å². The van der Waals surface area contributed by atoms with E-state index in [1.165, 1.54) is 17.5 Å². The van der Waals surface area contributed by atoms with Gasteiger partial charge < -0.3 is 5.73 Å². The smallest absolute Gasteiger partial charge is 0.142 e. The SMILES string of the molecule is N#Cc1cccc(-c2nc(N)cnc2-c2cc(Cl)c3ncsc3c2)c1. The molecule has 120 valence electrons. The number of aromatic nitrogens is 3. The quantitative estimate of drug-likeness (QED) is 0.565. The molecule has 5 nitrogen and oxygen atoms in total. The molecule has 0 fully saturated rings. The first-order valence-corrected chi connectivity index (χ1v) is 8.57. The monoisotopic (exact) mass is 363 g/mol. The highest BCUT2D eigenvalue weighted by Crippen LogP contribution is 2.35. The van der Waals surface area contributed by atoms with E-state index in [4.69, 9.17) is 22.6 Å². The van der Waals surface area contributed by atoms with Crippen LogP contribution in [0.3, 0.4) is 0 Å². The summed E-state index contributed by atoms with van der Waals surface area (Å²) in [5.41, 5.74) is 11.8. The summed E-state index contributed by atoms with van der Waals surface area (Å²) in [4.78, 5) is 13.2. The number of nitrogens with zero attached hydrogens (tertiary/aromatic N) is 4. The number of halogens is 1. The van der Waals surface area contributed by atoms with E-state index >= 15 is 0 Å². The predicted molar refractivity (Wildman–Crippen MR) is 100 cm³/mol. The van der Waals surface area contributed by atoms with E-state index < -0.39 is 0 Å². The average molecular weight is 364 g/mol. The lowest BCUT2D eigenvalue weighted by Gasteiger charge is -2.10. The van der Waals surface area contributed by atoms with Crippen LogP contribution in [0.1, 0.15) is 5.56 Å². The number of hydrogen-bond acceptors (Lipinski definition) is 6. The molecule has 4 aromatic rings. The normalized spacial score (nSPS) is 10.7. The van der Waals surface area contributed by atoms with Crippen molar-refractivity contribution in [3.8, 4) is 28.6 Å². The molecule has 0 saturated heterocycles. The molecule has 0 aliphatic rings. The Kier molecular flexibility index (Phi) is 3.80. The van der Waals surface area contributed by atoms with Crippen molar-refractivity contribution in [2.75, 3.05) is 5.73 Å². The molecule has 2 aromatic carbocycles. The Labute approximate surface area is 152 Å². The van der Waals surface area contributed by atoms with E-state index in [1.54, 1.807) is 17.6 Å². The third kappa shape index (κ3) is 2.80. The van der Waals surface area contributed by atoms with Crippen molar-refractivity contribution in [2.45, 2.75) is 0 Å². The minimum absolute atomic E-state index is 0.311. The van der Waals surface area contributed by atoms with Crippen molar-refractivity contribution in [1.82, 2.24) is 15.0 Å². The highest BCUT2D eigenvalue weighted by Gasteiger charge is 2.15. The molecule has 0 saturated carbocycles. The molecule has 4 rings (SSSR count). The number of fused-ring (bicyclic) bond motifs is 1. The standard InChI is InChI=1S/C18H10ClN5S/c19-13-5-12(6-14-18(13)23-9-25-14)16-17(24-15(21)8-22-16)11-3-1-2-10(4-11)7-20/h1-6,8-9H,(H2,21,24). The molecule has 0 aliphatic heterocycles. The van der Waals surface area contributed by atoms with Gasteiger partial charge in [-0.2, -0.15) is 5.26 Å². The van der Waals surface area contributed by atoms with Gasteiger partial charge in [0.1, 0.15) is 5.82 Å². The summed E-state index contributed by atoms with van der Waals surface area (Å²) in [6.45, 7) is 0. The second-order valence-electron chi connectivity index (χ2n) is 5.34. The molecule has 0 unspecified atom stereocenters. The molecular weight excluding hydrogens is 354 g/mol. The summed E-state index contributed by atoms with van der Waals surface area (Å²) < 4.78 is 0.970. The summed E-state index contributed by atoms with van der Waals surface area (Å²) in [5.74, 6) is 0.311. The highest BCUT2D eigenvalue weighted by atomic mass is 35.5. The Hall–Kier alpha value is -3.01. The van der Waals surface area contributed by atoms with E-state index in [0.717, 1.165) is 21.3 Å². The average Bonchev–Trinajstić information content (AvgIpc) is 3.11. The first-order valence-electron chi connectivity index (χ1n) is 7.32. The van der Waals surface area contributed by atoms with Crippen molar-refractivity contribution >= 4 is 39.0 Å². The van der Waals surface area contributed by atoms with Crippen LogP contribution in [0.5, 0.6) is 0 Å². The largest absolute Gasteiger partial charge is 0.382 e. The van der Waals surface area contributed by atoms with Crippen LogP contribution in [0.15, 0.2) is 48.1 Å². The minimum Gasteiger partial charge on any atom is -0.382 e. The summed E-state index contributed by atoms with van der Waals surface area (Å²) >= 11 is 7.87. The second kappa shape index (κ2) is 6.13. The van der Waals surface area contributed by atoms with E-state index in [2.05, 4.69) is 21.0 Å². The molecule has 2 N–H and O–H groups in total. The predicted octanol–water partition coefficient (Wildman–Crippen LogP) is 4.53. The molecule has 0 radical (unpaired) electrons. The van der Waals surface area contributed by atoms with Crippen LogP contribution >= 0.6 is 22.9 Å². The van der Waals surface area contributed by atoms with Gasteiger partial charge in [-0.3, -0.25) is 4.98 Å². The first kappa shape index (κ1) is 15.5.